The van der Waals surface area contributed by atoms with E-state index in [1.165, 1.54) is 17.3 Å². The lowest BCUT2D eigenvalue weighted by Gasteiger charge is -2.11. The van der Waals surface area contributed by atoms with Gasteiger partial charge in [-0.05, 0) is 24.1 Å². The molecule has 0 saturated heterocycles. The Morgan fingerprint density at radius 3 is 2.76 bits per heavy atom. The van der Waals surface area contributed by atoms with E-state index in [1.54, 1.807) is 14.0 Å². The fraction of sp³-hybridized carbons (Fsp3) is 0.462. The molecule has 94 valence electrons. The predicted octanol–water partition coefficient (Wildman–Crippen LogP) is 3.07. The Bertz CT molecular complexity index is 390. The molecule has 3 nitrogen and oxygen atoms in total. The lowest BCUT2D eigenvalue weighted by atomic mass is 10.2. The van der Waals surface area contributed by atoms with Crippen LogP contribution in [0.15, 0.2) is 23.1 Å². The third-order valence-corrected chi connectivity index (χ3v) is 3.84. The average Bonchev–Trinajstić information content (AvgIpc) is 2.35. The summed E-state index contributed by atoms with van der Waals surface area (Å²) in [5.41, 5.74) is 1.23. The molecule has 1 aromatic rings. The molecule has 0 amide bonds. The molecule has 1 N–H and O–H groups in total. The first kappa shape index (κ1) is 13.9. The molecule has 0 bridgehead atoms. The third-order valence-electron chi connectivity index (χ3n) is 2.55. The van der Waals surface area contributed by atoms with Gasteiger partial charge in [0.1, 0.15) is 5.75 Å². The molecule has 0 aromatic heterocycles. The maximum Gasteiger partial charge on any atom is 0.307 e. The molecular weight excluding hydrogens is 236 g/mol. The number of hydrogen-bond acceptors (Lipinski definition) is 3. The van der Waals surface area contributed by atoms with Crippen molar-refractivity contribution in [3.8, 4) is 5.75 Å². The molecule has 1 atom stereocenters. The first-order valence-electron chi connectivity index (χ1n) is 5.61. The van der Waals surface area contributed by atoms with Gasteiger partial charge in [-0.15, -0.1) is 11.8 Å². The van der Waals surface area contributed by atoms with Gasteiger partial charge in [0.2, 0.25) is 0 Å². The molecule has 0 heterocycles. The van der Waals surface area contributed by atoms with Crippen molar-refractivity contribution in [2.45, 2.75) is 25.2 Å². The second-order valence-electron chi connectivity index (χ2n) is 3.89. The van der Waals surface area contributed by atoms with E-state index in [9.17, 15) is 4.79 Å². The van der Waals surface area contributed by atoms with Gasteiger partial charge >= 0.3 is 5.97 Å². The van der Waals surface area contributed by atoms with Gasteiger partial charge in [-0.3, -0.25) is 4.79 Å². The molecule has 0 aliphatic rings. The first-order valence-corrected chi connectivity index (χ1v) is 6.59. The Balaban J connectivity index is 2.77. The van der Waals surface area contributed by atoms with Crippen LogP contribution < -0.4 is 4.74 Å². The maximum absolute atomic E-state index is 10.8. The minimum absolute atomic E-state index is 0.352. The largest absolute Gasteiger partial charge is 0.496 e. The number of carboxylic acid groups (broad SMARTS) is 1. The fourth-order valence-electron chi connectivity index (χ4n) is 1.34. The van der Waals surface area contributed by atoms with Crippen molar-refractivity contribution in [2.24, 2.45) is 5.92 Å². The number of methoxy groups -OCH3 is 1. The average molecular weight is 254 g/mol. The van der Waals surface area contributed by atoms with Crippen LogP contribution in [0.2, 0.25) is 0 Å². The zero-order valence-corrected chi connectivity index (χ0v) is 11.2. The quantitative estimate of drug-likeness (QED) is 0.792. The van der Waals surface area contributed by atoms with E-state index in [1.807, 2.05) is 12.1 Å². The molecule has 17 heavy (non-hydrogen) atoms. The number of carbonyl (C=O) groups is 1. The molecule has 0 saturated carbocycles. The highest BCUT2D eigenvalue weighted by Crippen LogP contribution is 2.31. The molecule has 0 aliphatic heterocycles. The first-order chi connectivity index (χ1) is 8.08. The number of aryl methyl sites for hydroxylation is 1. The van der Waals surface area contributed by atoms with Crippen LogP contribution >= 0.6 is 11.8 Å². The standard InChI is InChI=1S/C13H18O3S/c1-4-10-5-6-11(16-3)12(7-10)17-8-9(2)13(14)15/h5-7,9H,4,8H2,1-3H3,(H,14,15). The van der Waals surface area contributed by atoms with E-state index in [4.69, 9.17) is 9.84 Å². The molecule has 0 spiro atoms. The lowest BCUT2D eigenvalue weighted by molar-refractivity contribution is -0.140. The minimum Gasteiger partial charge on any atom is -0.496 e. The van der Waals surface area contributed by atoms with Crippen molar-refractivity contribution >= 4 is 17.7 Å². The second-order valence-corrected chi connectivity index (χ2v) is 4.95. The van der Waals surface area contributed by atoms with Gasteiger partial charge in [0.05, 0.1) is 13.0 Å². The maximum atomic E-state index is 10.8. The summed E-state index contributed by atoms with van der Waals surface area (Å²) in [6.07, 6.45) is 0.964. The molecule has 0 radical (unpaired) electrons. The van der Waals surface area contributed by atoms with E-state index < -0.39 is 5.97 Å². The van der Waals surface area contributed by atoms with Gasteiger partial charge in [-0.25, -0.2) is 0 Å². The van der Waals surface area contributed by atoms with Crippen molar-refractivity contribution in [3.05, 3.63) is 23.8 Å². The van der Waals surface area contributed by atoms with E-state index in [0.29, 0.717) is 5.75 Å². The van der Waals surface area contributed by atoms with Crippen molar-refractivity contribution < 1.29 is 14.6 Å². The highest BCUT2D eigenvalue weighted by Gasteiger charge is 2.13. The molecule has 4 heteroatoms. The highest BCUT2D eigenvalue weighted by atomic mass is 32.2. The van der Waals surface area contributed by atoms with Crippen LogP contribution in [0.5, 0.6) is 5.75 Å². The van der Waals surface area contributed by atoms with E-state index in [0.717, 1.165) is 17.1 Å². The molecule has 1 unspecified atom stereocenters. The summed E-state index contributed by atoms with van der Waals surface area (Å²) in [6.45, 7) is 3.81. The Morgan fingerprint density at radius 1 is 1.53 bits per heavy atom. The normalized spacial score (nSPS) is 12.2. The van der Waals surface area contributed by atoms with Gasteiger partial charge < -0.3 is 9.84 Å². The molecule has 0 aliphatic carbocycles. The molecular formula is C13H18O3S. The van der Waals surface area contributed by atoms with Crippen LogP contribution in [0.3, 0.4) is 0 Å². The van der Waals surface area contributed by atoms with Crippen molar-refractivity contribution in [1.82, 2.24) is 0 Å². The smallest absolute Gasteiger partial charge is 0.307 e. The van der Waals surface area contributed by atoms with Crippen molar-refractivity contribution in [1.29, 1.82) is 0 Å². The van der Waals surface area contributed by atoms with Crippen LogP contribution in [0.25, 0.3) is 0 Å². The van der Waals surface area contributed by atoms with Gasteiger partial charge in [-0.2, -0.15) is 0 Å². The molecule has 1 aromatic carbocycles. The second kappa shape index (κ2) is 6.55. The van der Waals surface area contributed by atoms with Gasteiger partial charge in [-0.1, -0.05) is 19.9 Å². The summed E-state index contributed by atoms with van der Waals surface area (Å²) < 4.78 is 5.27. The summed E-state index contributed by atoms with van der Waals surface area (Å²) in [6, 6.07) is 6.04. The van der Waals surface area contributed by atoms with Crippen LogP contribution in [0.1, 0.15) is 19.4 Å². The summed E-state index contributed by atoms with van der Waals surface area (Å²) in [4.78, 5) is 11.8. The van der Waals surface area contributed by atoms with Gasteiger partial charge in [0.15, 0.2) is 0 Å². The fourth-order valence-corrected chi connectivity index (χ4v) is 2.44. The number of hydrogen-bond donors (Lipinski definition) is 1. The van der Waals surface area contributed by atoms with E-state index in [-0.39, 0.29) is 5.92 Å². The zero-order chi connectivity index (χ0) is 12.8. The monoisotopic (exact) mass is 254 g/mol. The van der Waals surface area contributed by atoms with Crippen LogP contribution in [-0.4, -0.2) is 23.9 Å². The van der Waals surface area contributed by atoms with Crippen LogP contribution in [0, 0.1) is 5.92 Å². The summed E-state index contributed by atoms with van der Waals surface area (Å²) in [7, 11) is 1.63. The third kappa shape index (κ3) is 3.97. The van der Waals surface area contributed by atoms with Gasteiger partial charge in [0, 0.05) is 10.6 Å². The highest BCUT2D eigenvalue weighted by molar-refractivity contribution is 7.99. The van der Waals surface area contributed by atoms with Crippen LogP contribution in [0.4, 0.5) is 0 Å². The van der Waals surface area contributed by atoms with Crippen molar-refractivity contribution in [3.63, 3.8) is 0 Å². The number of aliphatic carboxylic acids is 1. The van der Waals surface area contributed by atoms with E-state index >= 15 is 0 Å². The molecule has 0 fully saturated rings. The van der Waals surface area contributed by atoms with E-state index in [2.05, 4.69) is 13.0 Å². The summed E-state index contributed by atoms with van der Waals surface area (Å²) in [5, 5.41) is 8.84. The Morgan fingerprint density at radius 2 is 2.24 bits per heavy atom. The lowest BCUT2D eigenvalue weighted by Crippen LogP contribution is -2.11. The Labute approximate surface area is 106 Å². The predicted molar refractivity (Wildman–Crippen MR) is 69.9 cm³/mol. The minimum atomic E-state index is -0.761. The molecule has 1 rings (SSSR count). The number of carboxylic acids is 1. The van der Waals surface area contributed by atoms with Gasteiger partial charge in [0.25, 0.3) is 0 Å². The van der Waals surface area contributed by atoms with Crippen molar-refractivity contribution in [2.75, 3.05) is 12.9 Å². The zero-order valence-electron chi connectivity index (χ0n) is 10.4. The number of benzene rings is 1. The SMILES string of the molecule is CCc1ccc(OC)c(SCC(C)C(=O)O)c1. The number of ether oxygens (including phenoxy) is 1. The Hall–Kier alpha value is -1.16. The summed E-state index contributed by atoms with van der Waals surface area (Å²) >= 11 is 1.53. The Kier molecular flexibility index (Phi) is 5.35. The topological polar surface area (TPSA) is 46.5 Å². The summed E-state index contributed by atoms with van der Waals surface area (Å²) in [5.74, 6) is 0.252. The number of thioether (sulfide) groups is 1. The number of rotatable bonds is 6. The van der Waals surface area contributed by atoms with Crippen LogP contribution in [-0.2, 0) is 11.2 Å².